The topological polar surface area (TPSA) is 71.5 Å². The molecule has 2 aliphatic heterocycles. The van der Waals surface area contributed by atoms with E-state index in [9.17, 15) is 4.79 Å². The molecule has 5 nitrogen and oxygen atoms in total. The summed E-state index contributed by atoms with van der Waals surface area (Å²) in [5, 5.41) is 0. The van der Waals surface area contributed by atoms with Crippen LogP contribution in [0.5, 0.6) is 0 Å². The molecule has 1 aromatic heterocycles. The van der Waals surface area contributed by atoms with Crippen molar-refractivity contribution in [2.75, 3.05) is 0 Å². The summed E-state index contributed by atoms with van der Waals surface area (Å²) in [4.78, 5) is 18.8. The maximum atomic E-state index is 11.4. The Morgan fingerprint density at radius 3 is 2.96 bits per heavy atom. The zero-order chi connectivity index (χ0) is 16.1. The largest absolute Gasteiger partial charge is 0.472 e. The van der Waals surface area contributed by atoms with Crippen molar-refractivity contribution < 1.29 is 8.83 Å². The van der Waals surface area contributed by atoms with E-state index in [1.807, 2.05) is 36.4 Å². The molecule has 1 unspecified atom stereocenters. The van der Waals surface area contributed by atoms with Gasteiger partial charge in [0.1, 0.15) is 5.54 Å². The van der Waals surface area contributed by atoms with Gasteiger partial charge in [-0.25, -0.2) is 4.79 Å². The summed E-state index contributed by atoms with van der Waals surface area (Å²) in [5.74, 6) is -0.456. The number of aromatic nitrogens is 1. The van der Waals surface area contributed by atoms with Crippen molar-refractivity contribution in [3.05, 3.63) is 82.8 Å². The molecule has 5 rings (SSSR count). The first-order valence-electron chi connectivity index (χ1n) is 7.58. The number of benzene rings is 1. The third-order valence-electron chi connectivity index (χ3n) is 4.51. The van der Waals surface area contributed by atoms with Gasteiger partial charge in [0.05, 0.1) is 18.0 Å². The van der Waals surface area contributed by atoms with Gasteiger partial charge in [0.15, 0.2) is 5.58 Å². The summed E-state index contributed by atoms with van der Waals surface area (Å²) >= 11 is 0. The summed E-state index contributed by atoms with van der Waals surface area (Å²) in [5.41, 5.74) is 4.69. The van der Waals surface area contributed by atoms with Gasteiger partial charge in [-0.3, -0.25) is 9.98 Å². The Morgan fingerprint density at radius 2 is 2.08 bits per heavy atom. The smallest absolute Gasteiger partial charge is 0.417 e. The van der Waals surface area contributed by atoms with Crippen LogP contribution < -0.4 is 5.76 Å². The summed E-state index contributed by atoms with van der Waals surface area (Å²) < 4.78 is 10.5. The van der Waals surface area contributed by atoms with Crippen molar-refractivity contribution in [3.8, 4) is 11.1 Å². The number of aromatic amines is 1. The van der Waals surface area contributed by atoms with E-state index >= 15 is 0 Å². The molecule has 0 saturated heterocycles. The Kier molecular flexibility index (Phi) is 2.51. The van der Waals surface area contributed by atoms with Gasteiger partial charge in [-0.2, -0.15) is 0 Å². The van der Waals surface area contributed by atoms with Crippen molar-refractivity contribution in [2.24, 2.45) is 4.99 Å². The van der Waals surface area contributed by atoms with E-state index in [-0.39, 0.29) is 0 Å². The van der Waals surface area contributed by atoms with Gasteiger partial charge in [-0.1, -0.05) is 18.2 Å². The third-order valence-corrected chi connectivity index (χ3v) is 4.51. The molecule has 3 aliphatic rings. The minimum atomic E-state index is -0.632. The van der Waals surface area contributed by atoms with Crippen LogP contribution in [0.3, 0.4) is 0 Å². The Hall–Kier alpha value is -3.34. The molecule has 0 radical (unpaired) electrons. The van der Waals surface area contributed by atoms with Crippen LogP contribution in [0.2, 0.25) is 0 Å². The lowest BCUT2D eigenvalue weighted by Gasteiger charge is -2.26. The molecule has 5 heteroatoms. The van der Waals surface area contributed by atoms with Gasteiger partial charge in [-0.05, 0) is 47.0 Å². The molecule has 0 bridgehead atoms. The fourth-order valence-corrected chi connectivity index (χ4v) is 3.40. The Balaban J connectivity index is 1.78. The van der Waals surface area contributed by atoms with E-state index in [1.54, 1.807) is 18.7 Å². The molecule has 1 atom stereocenters. The van der Waals surface area contributed by atoms with Crippen molar-refractivity contribution in [3.63, 3.8) is 0 Å². The van der Waals surface area contributed by atoms with Crippen LogP contribution in [0.1, 0.15) is 11.1 Å². The molecular formula is C19H12N2O3. The van der Waals surface area contributed by atoms with E-state index in [1.165, 1.54) is 0 Å². The van der Waals surface area contributed by atoms with Gasteiger partial charge >= 0.3 is 5.76 Å². The lowest BCUT2D eigenvalue weighted by molar-refractivity contribution is 0.551. The van der Waals surface area contributed by atoms with E-state index in [0.29, 0.717) is 11.1 Å². The van der Waals surface area contributed by atoms with Crippen LogP contribution in [0.15, 0.2) is 79.7 Å². The first-order chi connectivity index (χ1) is 11.8. The predicted octanol–water partition coefficient (Wildman–Crippen LogP) is 3.70. The Labute approximate surface area is 136 Å². The molecule has 0 fully saturated rings. The summed E-state index contributed by atoms with van der Waals surface area (Å²) in [6, 6.07) is 11.7. The number of H-pyrrole nitrogens is 1. The summed E-state index contributed by atoms with van der Waals surface area (Å²) in [6.07, 6.45) is 9.17. The number of hydrogen-bond donors (Lipinski definition) is 1. The summed E-state index contributed by atoms with van der Waals surface area (Å²) in [7, 11) is 0. The fourth-order valence-electron chi connectivity index (χ4n) is 3.40. The highest BCUT2D eigenvalue weighted by atomic mass is 16.4. The number of rotatable bonds is 2. The number of oxazole rings is 1. The normalized spacial score (nSPS) is 19.7. The highest BCUT2D eigenvalue weighted by Crippen LogP contribution is 2.44. The number of allylic oxidation sites excluding steroid dienone is 1. The van der Waals surface area contributed by atoms with E-state index in [0.717, 1.165) is 22.3 Å². The molecular weight excluding hydrogens is 304 g/mol. The number of nitrogens with zero attached hydrogens (tertiary/aromatic N) is 1. The van der Waals surface area contributed by atoms with Crippen LogP contribution in [0, 0.1) is 0 Å². The SMILES string of the molecule is O=c1[nH]c2ccc(C3(c4ccc5coccc4-5)C=CC=N3)cc2o1. The molecule has 0 spiro atoms. The number of aliphatic imine (C=N–C) groups is 1. The van der Waals surface area contributed by atoms with E-state index in [4.69, 9.17) is 13.8 Å². The lowest BCUT2D eigenvalue weighted by Crippen LogP contribution is -2.20. The van der Waals surface area contributed by atoms with Crippen molar-refractivity contribution in [1.29, 1.82) is 0 Å². The summed E-state index contributed by atoms with van der Waals surface area (Å²) in [6.45, 7) is 0. The number of hydrogen-bond acceptors (Lipinski definition) is 4. The minimum absolute atomic E-state index is 0.456. The quantitative estimate of drug-likeness (QED) is 0.613. The number of nitrogens with one attached hydrogen (secondary N) is 1. The zero-order valence-electron chi connectivity index (χ0n) is 12.5. The van der Waals surface area contributed by atoms with Crippen molar-refractivity contribution in [1.82, 2.24) is 4.98 Å². The average Bonchev–Trinajstić information content (AvgIpc) is 3.31. The predicted molar refractivity (Wildman–Crippen MR) is 90.6 cm³/mol. The van der Waals surface area contributed by atoms with Crippen LogP contribution >= 0.6 is 0 Å². The van der Waals surface area contributed by atoms with Crippen molar-refractivity contribution in [2.45, 2.75) is 5.54 Å². The highest BCUT2D eigenvalue weighted by Gasteiger charge is 2.36. The maximum Gasteiger partial charge on any atom is 0.417 e. The Morgan fingerprint density at radius 1 is 1.12 bits per heavy atom. The lowest BCUT2D eigenvalue weighted by atomic mass is 9.82. The van der Waals surface area contributed by atoms with Crippen molar-refractivity contribution >= 4 is 17.3 Å². The molecule has 0 amide bonds. The standard InChI is InChI=1S/C19H12N2O3/c22-18-21-16-5-3-13(10-17(16)24-18)19(7-1-8-20-19)15-4-2-12-11-23-9-6-14(12)15/h1-11H,(H,21,22). The number of fused-ring (bicyclic) bond motifs is 2. The molecule has 3 heterocycles. The Bertz CT molecular complexity index is 1130. The molecule has 0 saturated carbocycles. The molecule has 1 N–H and O–H groups in total. The molecule has 1 aromatic carbocycles. The fraction of sp³-hybridized carbons (Fsp3) is 0.0526. The van der Waals surface area contributed by atoms with Gasteiger partial charge in [0.25, 0.3) is 0 Å². The van der Waals surface area contributed by atoms with Crippen LogP contribution in [-0.2, 0) is 5.54 Å². The van der Waals surface area contributed by atoms with E-state index in [2.05, 4.69) is 17.1 Å². The second kappa shape index (κ2) is 4.58. The van der Waals surface area contributed by atoms with Crippen LogP contribution in [0.25, 0.3) is 22.2 Å². The molecule has 2 aromatic rings. The first-order valence-corrected chi connectivity index (χ1v) is 7.58. The van der Waals surface area contributed by atoms with Crippen LogP contribution in [0.4, 0.5) is 0 Å². The van der Waals surface area contributed by atoms with E-state index < -0.39 is 11.3 Å². The van der Waals surface area contributed by atoms with Gasteiger partial charge < -0.3 is 8.83 Å². The zero-order valence-corrected chi connectivity index (χ0v) is 12.5. The second-order valence-corrected chi connectivity index (χ2v) is 5.80. The average molecular weight is 316 g/mol. The van der Waals surface area contributed by atoms with Gasteiger partial charge in [0.2, 0.25) is 0 Å². The molecule has 24 heavy (non-hydrogen) atoms. The van der Waals surface area contributed by atoms with Crippen LogP contribution in [-0.4, -0.2) is 11.2 Å². The minimum Gasteiger partial charge on any atom is -0.472 e. The van der Waals surface area contributed by atoms with Gasteiger partial charge in [-0.15, -0.1) is 0 Å². The monoisotopic (exact) mass is 316 g/mol. The highest BCUT2D eigenvalue weighted by molar-refractivity contribution is 5.82. The third kappa shape index (κ3) is 1.69. The molecule has 116 valence electrons. The molecule has 1 aliphatic carbocycles. The maximum absolute atomic E-state index is 11.4. The first kappa shape index (κ1) is 13.1. The second-order valence-electron chi connectivity index (χ2n) is 5.80. The van der Waals surface area contributed by atoms with Gasteiger partial charge in [0, 0.05) is 11.8 Å².